The highest BCUT2D eigenvalue weighted by Gasteiger charge is 2.18. The van der Waals surface area contributed by atoms with E-state index < -0.39 is 0 Å². The van der Waals surface area contributed by atoms with E-state index in [1.165, 1.54) is 17.7 Å². The molecule has 0 atom stereocenters. The zero-order valence-electron chi connectivity index (χ0n) is 19.4. The highest BCUT2D eigenvalue weighted by molar-refractivity contribution is 5.69. The Morgan fingerprint density at radius 3 is 1.88 bits per heavy atom. The standard InChI is InChI=1S/C26H30FN3O3/c1-31-24-15-21(16-25(32-2)26(24)33-3)23-14-20(8-9-28-23)18-30-12-10-29(11-13-30)17-19-4-6-22(27)7-5-19/h4-9,14-16H,10-13,17-18H2,1-3H3. The molecule has 4 rings (SSSR count). The molecule has 1 fully saturated rings. The maximum Gasteiger partial charge on any atom is 0.203 e. The van der Waals surface area contributed by atoms with Crippen molar-refractivity contribution in [3.05, 3.63) is 71.7 Å². The van der Waals surface area contributed by atoms with E-state index in [9.17, 15) is 4.39 Å². The van der Waals surface area contributed by atoms with Crippen LogP contribution in [0.3, 0.4) is 0 Å². The van der Waals surface area contributed by atoms with Crippen LogP contribution in [0.4, 0.5) is 4.39 Å². The first-order valence-electron chi connectivity index (χ1n) is 11.0. The quantitative estimate of drug-likeness (QED) is 0.511. The van der Waals surface area contributed by atoms with Crippen molar-refractivity contribution in [3.63, 3.8) is 0 Å². The summed E-state index contributed by atoms with van der Waals surface area (Å²) in [4.78, 5) is 9.44. The zero-order chi connectivity index (χ0) is 23.2. The van der Waals surface area contributed by atoms with Gasteiger partial charge < -0.3 is 14.2 Å². The molecule has 0 saturated carbocycles. The molecule has 0 N–H and O–H groups in total. The molecule has 0 spiro atoms. The normalized spacial score (nSPS) is 14.8. The van der Waals surface area contributed by atoms with Crippen LogP contribution < -0.4 is 14.2 Å². The average Bonchev–Trinajstić information content (AvgIpc) is 2.85. The van der Waals surface area contributed by atoms with E-state index >= 15 is 0 Å². The summed E-state index contributed by atoms with van der Waals surface area (Å²) < 4.78 is 29.5. The molecule has 0 aliphatic carbocycles. The van der Waals surface area contributed by atoms with Gasteiger partial charge in [0.15, 0.2) is 11.5 Å². The van der Waals surface area contributed by atoms with Crippen LogP contribution in [-0.4, -0.2) is 62.3 Å². The predicted octanol–water partition coefficient (Wildman–Crippen LogP) is 4.23. The van der Waals surface area contributed by atoms with Gasteiger partial charge in [0, 0.05) is 51.0 Å². The Bertz CT molecular complexity index is 1040. The molecule has 7 heteroatoms. The van der Waals surface area contributed by atoms with Gasteiger partial charge in [-0.25, -0.2) is 4.39 Å². The minimum absolute atomic E-state index is 0.188. The molecule has 1 saturated heterocycles. The number of piperazine rings is 1. The van der Waals surface area contributed by atoms with E-state index in [4.69, 9.17) is 14.2 Å². The SMILES string of the molecule is COc1cc(-c2cc(CN3CCN(Cc4ccc(F)cc4)CC3)ccn2)cc(OC)c1OC. The minimum atomic E-state index is -0.188. The number of pyridine rings is 1. The van der Waals surface area contributed by atoms with Crippen molar-refractivity contribution in [2.75, 3.05) is 47.5 Å². The summed E-state index contributed by atoms with van der Waals surface area (Å²) in [5.41, 5.74) is 4.13. The first kappa shape index (κ1) is 23.0. The number of ether oxygens (including phenoxy) is 3. The number of methoxy groups -OCH3 is 3. The van der Waals surface area contributed by atoms with Gasteiger partial charge in [-0.05, 0) is 47.5 Å². The maximum atomic E-state index is 13.1. The summed E-state index contributed by atoms with van der Waals surface area (Å²) in [6.07, 6.45) is 1.85. The Balaban J connectivity index is 1.40. The van der Waals surface area contributed by atoms with Gasteiger partial charge in [-0.1, -0.05) is 12.1 Å². The number of nitrogens with zero attached hydrogens (tertiary/aromatic N) is 3. The molecule has 2 heterocycles. The third kappa shape index (κ3) is 5.61. The number of aromatic nitrogens is 1. The minimum Gasteiger partial charge on any atom is -0.493 e. The van der Waals surface area contributed by atoms with Gasteiger partial charge in [-0.3, -0.25) is 14.8 Å². The second kappa shape index (κ2) is 10.6. The first-order valence-corrected chi connectivity index (χ1v) is 11.0. The first-order chi connectivity index (χ1) is 16.1. The highest BCUT2D eigenvalue weighted by atomic mass is 19.1. The van der Waals surface area contributed by atoms with Crippen molar-refractivity contribution in [2.45, 2.75) is 13.1 Å². The lowest BCUT2D eigenvalue weighted by Crippen LogP contribution is -2.45. The fourth-order valence-corrected chi connectivity index (χ4v) is 4.17. The Labute approximate surface area is 194 Å². The largest absolute Gasteiger partial charge is 0.493 e. The summed E-state index contributed by atoms with van der Waals surface area (Å²) in [7, 11) is 4.82. The summed E-state index contributed by atoms with van der Waals surface area (Å²) in [5, 5.41) is 0. The summed E-state index contributed by atoms with van der Waals surface area (Å²) >= 11 is 0. The lowest BCUT2D eigenvalue weighted by molar-refractivity contribution is 0.122. The van der Waals surface area contributed by atoms with Crippen LogP contribution >= 0.6 is 0 Å². The molecular formula is C26H30FN3O3. The van der Waals surface area contributed by atoms with Gasteiger partial charge in [-0.15, -0.1) is 0 Å². The molecule has 1 aliphatic rings. The zero-order valence-corrected chi connectivity index (χ0v) is 19.4. The summed E-state index contributed by atoms with van der Waals surface area (Å²) in [6, 6.07) is 14.8. The molecule has 174 valence electrons. The number of halogens is 1. The molecule has 0 amide bonds. The third-order valence-corrected chi connectivity index (χ3v) is 5.98. The molecule has 1 aromatic heterocycles. The smallest absolute Gasteiger partial charge is 0.203 e. The van der Waals surface area contributed by atoms with Crippen molar-refractivity contribution in [2.24, 2.45) is 0 Å². The van der Waals surface area contributed by atoms with Crippen molar-refractivity contribution in [1.82, 2.24) is 14.8 Å². The second-order valence-corrected chi connectivity index (χ2v) is 8.14. The predicted molar refractivity (Wildman–Crippen MR) is 126 cm³/mol. The Kier molecular flexibility index (Phi) is 7.42. The monoisotopic (exact) mass is 451 g/mol. The van der Waals surface area contributed by atoms with E-state index in [0.717, 1.165) is 56.1 Å². The molecule has 0 bridgehead atoms. The van der Waals surface area contributed by atoms with Crippen molar-refractivity contribution in [1.29, 1.82) is 0 Å². The molecule has 6 nitrogen and oxygen atoms in total. The van der Waals surface area contributed by atoms with Crippen molar-refractivity contribution in [3.8, 4) is 28.5 Å². The third-order valence-electron chi connectivity index (χ3n) is 5.98. The molecule has 2 aromatic carbocycles. The Morgan fingerprint density at radius 1 is 0.758 bits per heavy atom. The van der Waals surface area contributed by atoms with Crippen LogP contribution in [0.25, 0.3) is 11.3 Å². The van der Waals surface area contributed by atoms with E-state index in [-0.39, 0.29) is 5.82 Å². The molecule has 1 aliphatic heterocycles. The second-order valence-electron chi connectivity index (χ2n) is 8.14. The van der Waals surface area contributed by atoms with Gasteiger partial charge in [0.25, 0.3) is 0 Å². The van der Waals surface area contributed by atoms with Gasteiger partial charge in [0.2, 0.25) is 5.75 Å². The van der Waals surface area contributed by atoms with Crippen LogP contribution in [0.5, 0.6) is 17.2 Å². The van der Waals surface area contributed by atoms with Crippen LogP contribution in [0.1, 0.15) is 11.1 Å². The van der Waals surface area contributed by atoms with Gasteiger partial charge in [0.1, 0.15) is 5.82 Å². The number of hydrogen-bond donors (Lipinski definition) is 0. The molecule has 33 heavy (non-hydrogen) atoms. The lowest BCUT2D eigenvalue weighted by Gasteiger charge is -2.34. The van der Waals surface area contributed by atoms with E-state index in [1.54, 1.807) is 21.3 Å². The van der Waals surface area contributed by atoms with Gasteiger partial charge >= 0.3 is 0 Å². The van der Waals surface area contributed by atoms with Crippen LogP contribution in [0, 0.1) is 5.82 Å². The number of hydrogen-bond acceptors (Lipinski definition) is 6. The van der Waals surface area contributed by atoms with E-state index in [1.807, 2.05) is 30.5 Å². The lowest BCUT2D eigenvalue weighted by atomic mass is 10.1. The van der Waals surface area contributed by atoms with Crippen LogP contribution in [0.2, 0.25) is 0 Å². The van der Waals surface area contributed by atoms with Crippen LogP contribution in [-0.2, 0) is 13.1 Å². The molecule has 3 aromatic rings. The summed E-state index contributed by atoms with van der Waals surface area (Å²) in [6.45, 7) is 5.68. The summed E-state index contributed by atoms with van der Waals surface area (Å²) in [5.74, 6) is 1.60. The number of benzene rings is 2. The topological polar surface area (TPSA) is 47.1 Å². The fourth-order valence-electron chi connectivity index (χ4n) is 4.17. The average molecular weight is 452 g/mol. The molecule has 0 unspecified atom stereocenters. The van der Waals surface area contributed by atoms with E-state index in [0.29, 0.717) is 17.2 Å². The van der Waals surface area contributed by atoms with Gasteiger partial charge in [-0.2, -0.15) is 0 Å². The number of rotatable bonds is 8. The molecular weight excluding hydrogens is 421 g/mol. The van der Waals surface area contributed by atoms with Gasteiger partial charge in [0.05, 0.1) is 27.0 Å². The van der Waals surface area contributed by atoms with Crippen molar-refractivity contribution >= 4 is 0 Å². The van der Waals surface area contributed by atoms with Crippen molar-refractivity contribution < 1.29 is 18.6 Å². The Hall–Kier alpha value is -3.16. The maximum absolute atomic E-state index is 13.1. The highest BCUT2D eigenvalue weighted by Crippen LogP contribution is 2.40. The Morgan fingerprint density at radius 2 is 1.33 bits per heavy atom. The fraction of sp³-hybridized carbons (Fsp3) is 0.346. The van der Waals surface area contributed by atoms with E-state index in [2.05, 4.69) is 26.9 Å². The van der Waals surface area contributed by atoms with Crippen LogP contribution in [0.15, 0.2) is 54.7 Å². The molecule has 0 radical (unpaired) electrons.